The first-order chi connectivity index (χ1) is 13.6. The molecular formula is C22H19FN2O2S. The van der Waals surface area contributed by atoms with Crippen LogP contribution in [-0.2, 0) is 6.54 Å². The Morgan fingerprint density at radius 3 is 2.46 bits per heavy atom. The molecule has 0 atom stereocenters. The molecule has 0 spiro atoms. The maximum absolute atomic E-state index is 13.9. The lowest BCUT2D eigenvalue weighted by Crippen LogP contribution is -2.31. The van der Waals surface area contributed by atoms with Crippen LogP contribution in [0.1, 0.15) is 25.6 Å². The van der Waals surface area contributed by atoms with Crippen LogP contribution >= 0.6 is 11.3 Å². The van der Waals surface area contributed by atoms with E-state index < -0.39 is 0 Å². The number of hydrogen-bond donors (Lipinski definition) is 1. The van der Waals surface area contributed by atoms with Crippen LogP contribution in [0.2, 0.25) is 0 Å². The van der Waals surface area contributed by atoms with Gasteiger partial charge in [0.2, 0.25) is 0 Å². The van der Waals surface area contributed by atoms with Gasteiger partial charge < -0.3 is 10.2 Å². The van der Waals surface area contributed by atoms with E-state index in [0.717, 1.165) is 0 Å². The average molecular weight is 394 g/mol. The van der Waals surface area contributed by atoms with Gasteiger partial charge >= 0.3 is 0 Å². The topological polar surface area (TPSA) is 49.4 Å². The molecule has 4 nitrogen and oxygen atoms in total. The van der Waals surface area contributed by atoms with Crippen molar-refractivity contribution in [3.63, 3.8) is 0 Å². The van der Waals surface area contributed by atoms with Crippen molar-refractivity contribution in [3.8, 4) is 0 Å². The molecule has 0 fully saturated rings. The molecule has 0 aliphatic carbocycles. The number of anilines is 1. The number of nitrogens with zero attached hydrogens (tertiary/aromatic N) is 1. The Morgan fingerprint density at radius 2 is 1.82 bits per heavy atom. The van der Waals surface area contributed by atoms with E-state index in [2.05, 4.69) is 11.9 Å². The molecule has 0 unspecified atom stereocenters. The molecule has 3 rings (SSSR count). The van der Waals surface area contributed by atoms with Crippen LogP contribution in [0.5, 0.6) is 0 Å². The summed E-state index contributed by atoms with van der Waals surface area (Å²) >= 11 is 1.36. The Morgan fingerprint density at radius 1 is 1.07 bits per heavy atom. The third-order valence-electron chi connectivity index (χ3n) is 4.09. The zero-order valence-corrected chi connectivity index (χ0v) is 15.9. The molecule has 0 aliphatic rings. The van der Waals surface area contributed by atoms with Crippen molar-refractivity contribution in [2.45, 2.75) is 6.54 Å². The number of nitrogens with one attached hydrogen (secondary N) is 1. The molecule has 28 heavy (non-hydrogen) atoms. The first-order valence-electron chi connectivity index (χ1n) is 8.67. The van der Waals surface area contributed by atoms with Gasteiger partial charge in [0.1, 0.15) is 5.82 Å². The van der Waals surface area contributed by atoms with Gasteiger partial charge in [0.25, 0.3) is 11.8 Å². The number of hydrogen-bond acceptors (Lipinski definition) is 3. The summed E-state index contributed by atoms with van der Waals surface area (Å²) in [5.41, 5.74) is 1.49. The van der Waals surface area contributed by atoms with E-state index in [9.17, 15) is 14.0 Å². The predicted octanol–water partition coefficient (Wildman–Crippen LogP) is 4.97. The van der Waals surface area contributed by atoms with E-state index in [0.29, 0.717) is 28.2 Å². The van der Waals surface area contributed by atoms with E-state index in [1.807, 2.05) is 11.4 Å². The fourth-order valence-electron chi connectivity index (χ4n) is 2.69. The van der Waals surface area contributed by atoms with E-state index in [4.69, 9.17) is 0 Å². The summed E-state index contributed by atoms with van der Waals surface area (Å²) in [5.74, 6) is -0.780. The van der Waals surface area contributed by atoms with E-state index in [1.165, 1.54) is 22.3 Å². The number of carbonyl (C=O) groups excluding carboxylic acids is 2. The monoisotopic (exact) mass is 394 g/mol. The maximum Gasteiger partial charge on any atom is 0.265 e. The van der Waals surface area contributed by atoms with Crippen LogP contribution in [0.3, 0.4) is 0 Å². The van der Waals surface area contributed by atoms with Gasteiger partial charge in [-0.05, 0) is 41.8 Å². The SMILES string of the molecule is C=CCN(Cc1ccccc1F)C(=O)c1ccc(NC(=O)c2cccs2)cc1. The first kappa shape index (κ1) is 19.5. The highest BCUT2D eigenvalue weighted by Crippen LogP contribution is 2.17. The molecule has 2 amide bonds. The molecule has 1 N–H and O–H groups in total. The molecule has 0 bridgehead atoms. The van der Waals surface area contributed by atoms with Gasteiger partial charge in [-0.3, -0.25) is 9.59 Å². The molecule has 3 aromatic rings. The van der Waals surface area contributed by atoms with Gasteiger partial charge in [-0.15, -0.1) is 17.9 Å². The molecule has 0 saturated carbocycles. The predicted molar refractivity (Wildman–Crippen MR) is 110 cm³/mol. The first-order valence-corrected chi connectivity index (χ1v) is 9.55. The summed E-state index contributed by atoms with van der Waals surface area (Å²) in [4.78, 5) is 27.1. The van der Waals surface area contributed by atoms with Crippen LogP contribution < -0.4 is 5.32 Å². The summed E-state index contributed by atoms with van der Waals surface area (Å²) in [5, 5.41) is 4.63. The lowest BCUT2D eigenvalue weighted by molar-refractivity contribution is 0.0761. The van der Waals surface area contributed by atoms with Crippen LogP contribution in [0.4, 0.5) is 10.1 Å². The summed E-state index contributed by atoms with van der Waals surface area (Å²) in [6.45, 7) is 4.12. The number of amides is 2. The maximum atomic E-state index is 13.9. The van der Waals surface area contributed by atoms with Crippen LogP contribution in [0, 0.1) is 5.82 Å². The summed E-state index contributed by atoms with van der Waals surface area (Å²) < 4.78 is 13.9. The molecule has 2 aromatic carbocycles. The lowest BCUT2D eigenvalue weighted by Gasteiger charge is -2.22. The molecule has 0 radical (unpaired) electrons. The van der Waals surface area contributed by atoms with Crippen molar-refractivity contribution in [1.29, 1.82) is 0 Å². The minimum atomic E-state index is -0.351. The van der Waals surface area contributed by atoms with Gasteiger partial charge in [-0.25, -0.2) is 4.39 Å². The Kier molecular flexibility index (Phi) is 6.34. The van der Waals surface area contributed by atoms with Crippen LogP contribution in [0.15, 0.2) is 78.7 Å². The van der Waals surface area contributed by atoms with Gasteiger partial charge in [0.05, 0.1) is 4.88 Å². The van der Waals surface area contributed by atoms with Gasteiger partial charge in [0.15, 0.2) is 0 Å². The van der Waals surface area contributed by atoms with Gasteiger partial charge in [0, 0.05) is 29.9 Å². The fraction of sp³-hybridized carbons (Fsp3) is 0.0909. The number of carbonyl (C=O) groups is 2. The van der Waals surface area contributed by atoms with E-state index in [1.54, 1.807) is 54.6 Å². The lowest BCUT2D eigenvalue weighted by atomic mass is 10.1. The second-order valence-corrected chi connectivity index (χ2v) is 7.02. The average Bonchev–Trinajstić information content (AvgIpc) is 3.24. The van der Waals surface area contributed by atoms with E-state index in [-0.39, 0.29) is 24.2 Å². The Balaban J connectivity index is 1.71. The molecule has 142 valence electrons. The standard InChI is InChI=1S/C22H19FN2O2S/c1-2-13-25(15-17-6-3-4-7-19(17)23)22(27)16-9-11-18(12-10-16)24-21(26)20-8-5-14-28-20/h2-12,14H,1,13,15H2,(H,24,26). The molecule has 6 heteroatoms. The number of benzene rings is 2. The molecule has 0 saturated heterocycles. The molecule has 1 heterocycles. The minimum Gasteiger partial charge on any atom is -0.331 e. The van der Waals surface area contributed by atoms with Crippen LogP contribution in [0.25, 0.3) is 0 Å². The fourth-order valence-corrected chi connectivity index (χ4v) is 3.31. The summed E-state index contributed by atoms with van der Waals surface area (Å²) in [6, 6.07) is 16.6. The number of thiophene rings is 1. The zero-order valence-electron chi connectivity index (χ0n) is 15.1. The quantitative estimate of drug-likeness (QED) is 0.575. The van der Waals surface area contributed by atoms with Crippen molar-refractivity contribution in [1.82, 2.24) is 4.90 Å². The molecular weight excluding hydrogens is 375 g/mol. The molecule has 1 aromatic heterocycles. The second-order valence-electron chi connectivity index (χ2n) is 6.07. The largest absolute Gasteiger partial charge is 0.331 e. The van der Waals surface area contributed by atoms with Crippen LogP contribution in [-0.4, -0.2) is 23.3 Å². The Labute approximate surface area is 166 Å². The minimum absolute atomic E-state index is 0.147. The van der Waals surface area contributed by atoms with Crippen molar-refractivity contribution < 1.29 is 14.0 Å². The van der Waals surface area contributed by atoms with Crippen molar-refractivity contribution >= 4 is 28.8 Å². The third-order valence-corrected chi connectivity index (χ3v) is 4.96. The smallest absolute Gasteiger partial charge is 0.265 e. The van der Waals surface area contributed by atoms with Gasteiger partial charge in [-0.1, -0.05) is 30.3 Å². The van der Waals surface area contributed by atoms with Crippen molar-refractivity contribution in [2.24, 2.45) is 0 Å². The highest BCUT2D eigenvalue weighted by Gasteiger charge is 2.17. The van der Waals surface area contributed by atoms with Crippen molar-refractivity contribution in [3.05, 3.63) is 101 Å². The van der Waals surface area contributed by atoms with Gasteiger partial charge in [-0.2, -0.15) is 0 Å². The second kappa shape index (κ2) is 9.10. The normalized spacial score (nSPS) is 10.3. The third kappa shape index (κ3) is 4.72. The number of halogens is 1. The Bertz CT molecular complexity index is 968. The highest BCUT2D eigenvalue weighted by atomic mass is 32.1. The summed E-state index contributed by atoms with van der Waals surface area (Å²) in [7, 11) is 0. The Hall–Kier alpha value is -3.25. The number of rotatable bonds is 7. The van der Waals surface area contributed by atoms with E-state index >= 15 is 0 Å². The molecule has 0 aliphatic heterocycles. The highest BCUT2D eigenvalue weighted by molar-refractivity contribution is 7.12. The summed E-state index contributed by atoms with van der Waals surface area (Å²) in [6.07, 6.45) is 1.61. The zero-order chi connectivity index (χ0) is 19.9. The van der Waals surface area contributed by atoms with Crippen molar-refractivity contribution in [2.75, 3.05) is 11.9 Å².